The van der Waals surface area contributed by atoms with Gasteiger partial charge < -0.3 is 9.64 Å². The van der Waals surface area contributed by atoms with Crippen LogP contribution in [0.3, 0.4) is 0 Å². The van der Waals surface area contributed by atoms with Gasteiger partial charge in [-0.25, -0.2) is 4.39 Å². The minimum atomic E-state index is -0.172. The van der Waals surface area contributed by atoms with E-state index in [1.54, 1.807) is 0 Å². The maximum absolute atomic E-state index is 12.8. The third-order valence-electron chi connectivity index (χ3n) is 3.32. The van der Waals surface area contributed by atoms with Crippen molar-refractivity contribution in [2.75, 3.05) is 50.8 Å². The number of anilines is 1. The standard InChI is InChI=1S/C14H21FN2O/c1-2-18-12-11-16-7-9-17(10-8-16)14-5-3-13(15)4-6-14/h3-6H,2,7-12H2,1H3. The highest BCUT2D eigenvalue weighted by Gasteiger charge is 2.16. The fraction of sp³-hybridized carbons (Fsp3) is 0.571. The van der Waals surface area contributed by atoms with E-state index in [9.17, 15) is 4.39 Å². The number of halogens is 1. The molecule has 1 saturated heterocycles. The Hall–Kier alpha value is -1.13. The Morgan fingerprint density at radius 3 is 2.39 bits per heavy atom. The van der Waals surface area contributed by atoms with E-state index in [4.69, 9.17) is 4.74 Å². The summed E-state index contributed by atoms with van der Waals surface area (Å²) < 4.78 is 18.2. The van der Waals surface area contributed by atoms with Crippen LogP contribution in [0.4, 0.5) is 10.1 Å². The Morgan fingerprint density at radius 1 is 1.11 bits per heavy atom. The molecule has 0 aromatic heterocycles. The molecule has 100 valence electrons. The minimum Gasteiger partial charge on any atom is -0.380 e. The molecule has 1 aliphatic rings. The molecule has 0 N–H and O–H groups in total. The van der Waals surface area contributed by atoms with Gasteiger partial charge in [0.25, 0.3) is 0 Å². The molecular weight excluding hydrogens is 231 g/mol. The molecule has 1 heterocycles. The van der Waals surface area contributed by atoms with Crippen molar-refractivity contribution in [3.8, 4) is 0 Å². The highest BCUT2D eigenvalue weighted by molar-refractivity contribution is 5.46. The molecule has 0 saturated carbocycles. The molecule has 0 unspecified atom stereocenters. The van der Waals surface area contributed by atoms with Gasteiger partial charge in [-0.3, -0.25) is 4.90 Å². The molecule has 3 nitrogen and oxygen atoms in total. The first-order chi connectivity index (χ1) is 8.79. The molecule has 1 fully saturated rings. The molecule has 18 heavy (non-hydrogen) atoms. The van der Waals surface area contributed by atoms with Gasteiger partial charge in [-0.2, -0.15) is 0 Å². The zero-order valence-corrected chi connectivity index (χ0v) is 10.9. The Kier molecular flexibility index (Phi) is 4.96. The molecule has 0 atom stereocenters. The predicted molar refractivity (Wildman–Crippen MR) is 71.5 cm³/mol. The van der Waals surface area contributed by atoms with Gasteiger partial charge in [0.2, 0.25) is 0 Å². The Labute approximate surface area is 108 Å². The number of ether oxygens (including phenoxy) is 1. The lowest BCUT2D eigenvalue weighted by molar-refractivity contribution is 0.111. The van der Waals surface area contributed by atoms with Gasteiger partial charge in [0.15, 0.2) is 0 Å². The number of nitrogens with zero attached hydrogens (tertiary/aromatic N) is 2. The van der Waals surface area contributed by atoms with Crippen LogP contribution in [0.15, 0.2) is 24.3 Å². The van der Waals surface area contributed by atoms with E-state index in [1.165, 1.54) is 12.1 Å². The smallest absolute Gasteiger partial charge is 0.123 e. The highest BCUT2D eigenvalue weighted by atomic mass is 19.1. The summed E-state index contributed by atoms with van der Waals surface area (Å²) in [7, 11) is 0. The summed E-state index contributed by atoms with van der Waals surface area (Å²) in [6.07, 6.45) is 0. The van der Waals surface area contributed by atoms with Crippen LogP contribution in [0, 0.1) is 5.82 Å². The van der Waals surface area contributed by atoms with E-state index >= 15 is 0 Å². The van der Waals surface area contributed by atoms with Gasteiger partial charge >= 0.3 is 0 Å². The largest absolute Gasteiger partial charge is 0.380 e. The quantitative estimate of drug-likeness (QED) is 0.745. The van der Waals surface area contributed by atoms with E-state index in [2.05, 4.69) is 9.80 Å². The maximum atomic E-state index is 12.8. The maximum Gasteiger partial charge on any atom is 0.123 e. The molecule has 1 aliphatic heterocycles. The van der Waals surface area contributed by atoms with Gasteiger partial charge in [-0.15, -0.1) is 0 Å². The van der Waals surface area contributed by atoms with Crippen LogP contribution < -0.4 is 4.90 Å². The van der Waals surface area contributed by atoms with Crippen molar-refractivity contribution in [2.24, 2.45) is 0 Å². The summed E-state index contributed by atoms with van der Waals surface area (Å²) in [4.78, 5) is 4.71. The lowest BCUT2D eigenvalue weighted by atomic mass is 10.2. The summed E-state index contributed by atoms with van der Waals surface area (Å²) >= 11 is 0. The summed E-state index contributed by atoms with van der Waals surface area (Å²) in [6.45, 7) is 8.71. The molecule has 1 aromatic rings. The predicted octanol–water partition coefficient (Wildman–Crippen LogP) is 1.98. The lowest BCUT2D eigenvalue weighted by Crippen LogP contribution is -2.47. The number of hydrogen-bond donors (Lipinski definition) is 0. The van der Waals surface area contributed by atoms with Gasteiger partial charge in [0, 0.05) is 45.0 Å². The van der Waals surface area contributed by atoms with Crippen LogP contribution in [-0.4, -0.2) is 50.8 Å². The Morgan fingerprint density at radius 2 is 1.78 bits per heavy atom. The van der Waals surface area contributed by atoms with Crippen molar-refractivity contribution in [3.63, 3.8) is 0 Å². The van der Waals surface area contributed by atoms with Crippen LogP contribution in [0.1, 0.15) is 6.92 Å². The summed E-state index contributed by atoms with van der Waals surface area (Å²) in [5.74, 6) is -0.172. The monoisotopic (exact) mass is 252 g/mol. The highest BCUT2D eigenvalue weighted by Crippen LogP contribution is 2.16. The van der Waals surface area contributed by atoms with Crippen LogP contribution in [0.2, 0.25) is 0 Å². The summed E-state index contributed by atoms with van der Waals surface area (Å²) in [6, 6.07) is 6.75. The number of piperazine rings is 1. The van der Waals surface area contributed by atoms with Gasteiger partial charge in [0.05, 0.1) is 6.61 Å². The molecule has 2 rings (SSSR count). The number of hydrogen-bond acceptors (Lipinski definition) is 3. The molecule has 0 bridgehead atoms. The minimum absolute atomic E-state index is 0.172. The van der Waals surface area contributed by atoms with Crippen LogP contribution in [0.5, 0.6) is 0 Å². The van der Waals surface area contributed by atoms with Crippen molar-refractivity contribution in [1.82, 2.24) is 4.90 Å². The van der Waals surface area contributed by atoms with E-state index in [0.717, 1.165) is 51.6 Å². The van der Waals surface area contributed by atoms with Crippen LogP contribution in [-0.2, 0) is 4.74 Å². The fourth-order valence-corrected chi connectivity index (χ4v) is 2.22. The van der Waals surface area contributed by atoms with Gasteiger partial charge in [-0.1, -0.05) is 0 Å². The van der Waals surface area contributed by atoms with Gasteiger partial charge in [0.1, 0.15) is 5.82 Å². The number of rotatable bonds is 5. The molecule has 0 spiro atoms. The second-order valence-electron chi connectivity index (χ2n) is 4.50. The van der Waals surface area contributed by atoms with Crippen molar-refractivity contribution < 1.29 is 9.13 Å². The first-order valence-corrected chi connectivity index (χ1v) is 6.60. The van der Waals surface area contributed by atoms with Crippen LogP contribution in [0.25, 0.3) is 0 Å². The normalized spacial score (nSPS) is 17.1. The molecule has 0 radical (unpaired) electrons. The Balaban J connectivity index is 1.77. The van der Waals surface area contributed by atoms with Crippen LogP contribution >= 0.6 is 0 Å². The van der Waals surface area contributed by atoms with Crippen molar-refractivity contribution >= 4 is 5.69 Å². The van der Waals surface area contributed by atoms with Crippen molar-refractivity contribution in [1.29, 1.82) is 0 Å². The van der Waals surface area contributed by atoms with E-state index in [-0.39, 0.29) is 5.82 Å². The molecule has 4 heteroatoms. The second kappa shape index (κ2) is 6.71. The fourth-order valence-electron chi connectivity index (χ4n) is 2.22. The Bertz CT molecular complexity index is 347. The van der Waals surface area contributed by atoms with Crippen molar-refractivity contribution in [2.45, 2.75) is 6.92 Å². The number of benzene rings is 1. The third-order valence-corrected chi connectivity index (χ3v) is 3.32. The second-order valence-corrected chi connectivity index (χ2v) is 4.50. The molecule has 1 aromatic carbocycles. The van der Waals surface area contributed by atoms with E-state index in [1.807, 2.05) is 19.1 Å². The van der Waals surface area contributed by atoms with E-state index < -0.39 is 0 Å². The van der Waals surface area contributed by atoms with Crippen molar-refractivity contribution in [3.05, 3.63) is 30.1 Å². The zero-order chi connectivity index (χ0) is 12.8. The topological polar surface area (TPSA) is 15.7 Å². The van der Waals surface area contributed by atoms with Gasteiger partial charge in [-0.05, 0) is 31.2 Å². The zero-order valence-electron chi connectivity index (χ0n) is 10.9. The SMILES string of the molecule is CCOCCN1CCN(c2ccc(F)cc2)CC1. The molecule has 0 aliphatic carbocycles. The van der Waals surface area contributed by atoms with E-state index in [0.29, 0.717) is 0 Å². The summed E-state index contributed by atoms with van der Waals surface area (Å²) in [5.41, 5.74) is 1.11. The average Bonchev–Trinajstić information content (AvgIpc) is 2.41. The average molecular weight is 252 g/mol. The summed E-state index contributed by atoms with van der Waals surface area (Å²) in [5, 5.41) is 0. The molecule has 0 amide bonds. The first kappa shape index (κ1) is 13.3. The third kappa shape index (κ3) is 3.68. The first-order valence-electron chi connectivity index (χ1n) is 6.60. The molecular formula is C14H21FN2O. The lowest BCUT2D eigenvalue weighted by Gasteiger charge is -2.36.